The third-order valence-electron chi connectivity index (χ3n) is 6.19. The highest BCUT2D eigenvalue weighted by molar-refractivity contribution is 6.31. The van der Waals surface area contributed by atoms with Crippen LogP contribution in [-0.2, 0) is 25.5 Å². The van der Waals surface area contributed by atoms with E-state index in [4.69, 9.17) is 25.9 Å². The Balaban J connectivity index is 1.78. The van der Waals surface area contributed by atoms with E-state index in [0.29, 0.717) is 23.4 Å². The molecule has 1 aliphatic heterocycles. The van der Waals surface area contributed by atoms with E-state index in [1.807, 2.05) is 44.2 Å². The lowest BCUT2D eigenvalue weighted by molar-refractivity contribution is -0.234. The molecule has 1 aliphatic rings. The lowest BCUT2D eigenvalue weighted by Gasteiger charge is -2.40. The van der Waals surface area contributed by atoms with Crippen LogP contribution in [0.3, 0.4) is 0 Å². The van der Waals surface area contributed by atoms with E-state index in [9.17, 15) is 20.1 Å². The predicted molar refractivity (Wildman–Crippen MR) is 136 cm³/mol. The minimum Gasteiger partial charge on any atom is -0.463 e. The van der Waals surface area contributed by atoms with Crippen LogP contribution in [0.5, 0.6) is 0 Å². The molecule has 5 atom stereocenters. The summed E-state index contributed by atoms with van der Waals surface area (Å²) in [5.74, 6) is -0.412. The van der Waals surface area contributed by atoms with E-state index in [2.05, 4.69) is 5.16 Å². The fourth-order valence-corrected chi connectivity index (χ4v) is 4.37. The van der Waals surface area contributed by atoms with Gasteiger partial charge < -0.3 is 29.6 Å². The molecule has 0 aliphatic carbocycles. The number of aliphatic hydroxyl groups is 3. The summed E-state index contributed by atoms with van der Waals surface area (Å²) >= 11 is 6.48. The van der Waals surface area contributed by atoms with Crippen molar-refractivity contribution in [1.82, 2.24) is 0 Å². The average molecular weight is 520 g/mol. The van der Waals surface area contributed by atoms with Gasteiger partial charge in [-0.15, -0.1) is 0 Å². The first kappa shape index (κ1) is 28.1. The number of halogens is 1. The van der Waals surface area contributed by atoms with Crippen LogP contribution in [0.25, 0.3) is 0 Å². The summed E-state index contributed by atoms with van der Waals surface area (Å²) in [5, 5.41) is 36.0. The number of carbonyl (C=O) groups excluding carboxylic acids is 1. The van der Waals surface area contributed by atoms with Gasteiger partial charge in [0.1, 0.15) is 44.2 Å². The molecular formula is C27H34ClNO7. The normalized spacial score (nSPS) is 24.4. The summed E-state index contributed by atoms with van der Waals surface area (Å²) in [7, 11) is 1.52. The number of aliphatic hydroxyl groups excluding tert-OH is 3. The Kier molecular flexibility index (Phi) is 10.3. The van der Waals surface area contributed by atoms with Gasteiger partial charge in [0.15, 0.2) is 0 Å². The van der Waals surface area contributed by atoms with Gasteiger partial charge in [-0.1, -0.05) is 67.0 Å². The molecule has 0 aromatic heterocycles. The lowest BCUT2D eigenvalue weighted by Crippen LogP contribution is -2.55. The van der Waals surface area contributed by atoms with Crippen molar-refractivity contribution in [3.63, 3.8) is 0 Å². The van der Waals surface area contributed by atoms with Crippen molar-refractivity contribution in [3.8, 4) is 0 Å². The Morgan fingerprint density at radius 3 is 2.42 bits per heavy atom. The minimum absolute atomic E-state index is 0.223. The summed E-state index contributed by atoms with van der Waals surface area (Å²) < 4.78 is 11.1. The Hall–Kier alpha value is -2.49. The molecule has 0 bridgehead atoms. The first-order chi connectivity index (χ1) is 17.3. The molecule has 8 nitrogen and oxygen atoms in total. The number of hydrogen-bond acceptors (Lipinski definition) is 8. The first-order valence-electron chi connectivity index (χ1n) is 12.1. The largest absolute Gasteiger partial charge is 0.463 e. The van der Waals surface area contributed by atoms with E-state index in [0.717, 1.165) is 28.8 Å². The van der Waals surface area contributed by atoms with Crippen LogP contribution in [0.1, 0.15) is 61.5 Å². The van der Waals surface area contributed by atoms with E-state index < -0.39 is 36.5 Å². The molecule has 5 unspecified atom stereocenters. The SMILES string of the molecule is CCCC(=O)OCC1OC(c2ccc(Cl)c(Cc3ccc(C(CC)=NOC)cc3)c2)C(O)C(O)C1O. The molecule has 2 aromatic carbocycles. The van der Waals surface area contributed by atoms with Crippen molar-refractivity contribution in [3.05, 3.63) is 69.7 Å². The summed E-state index contributed by atoms with van der Waals surface area (Å²) in [5.41, 5.74) is 4.25. The van der Waals surface area contributed by atoms with Gasteiger partial charge in [-0.3, -0.25) is 4.79 Å². The number of benzene rings is 2. The van der Waals surface area contributed by atoms with Crippen LogP contribution in [0.4, 0.5) is 0 Å². The third kappa shape index (κ3) is 6.83. The predicted octanol–water partition coefficient (Wildman–Crippen LogP) is 3.56. The van der Waals surface area contributed by atoms with Crippen molar-refractivity contribution >= 4 is 23.3 Å². The Morgan fingerprint density at radius 1 is 1.06 bits per heavy atom. The van der Waals surface area contributed by atoms with Gasteiger partial charge in [0, 0.05) is 11.4 Å². The van der Waals surface area contributed by atoms with Crippen molar-refractivity contribution in [2.75, 3.05) is 13.7 Å². The van der Waals surface area contributed by atoms with Crippen molar-refractivity contribution in [1.29, 1.82) is 0 Å². The van der Waals surface area contributed by atoms with Gasteiger partial charge in [-0.25, -0.2) is 0 Å². The van der Waals surface area contributed by atoms with Crippen molar-refractivity contribution in [2.24, 2.45) is 5.16 Å². The zero-order valence-corrected chi connectivity index (χ0v) is 21.5. The minimum atomic E-state index is -1.47. The first-order valence-corrected chi connectivity index (χ1v) is 12.5. The van der Waals surface area contributed by atoms with Gasteiger partial charge in [0.2, 0.25) is 0 Å². The quantitative estimate of drug-likeness (QED) is 0.249. The van der Waals surface area contributed by atoms with Crippen molar-refractivity contribution in [2.45, 2.75) is 70.1 Å². The molecule has 2 aromatic rings. The molecule has 9 heteroatoms. The fourth-order valence-electron chi connectivity index (χ4n) is 4.19. The van der Waals surface area contributed by atoms with E-state index in [-0.39, 0.29) is 13.0 Å². The molecule has 0 radical (unpaired) electrons. The standard InChI is InChI=1S/C27H34ClNO7/c1-4-6-23(30)35-15-22-24(31)25(32)26(33)27(36-22)18-11-12-20(28)19(14-18)13-16-7-9-17(10-8-16)21(5-2)29-34-3/h7-12,14,22,24-27,31-33H,4-6,13,15H2,1-3H3. The van der Waals surface area contributed by atoms with Gasteiger partial charge in [-0.05, 0) is 47.6 Å². The number of ether oxygens (including phenoxy) is 2. The number of nitrogens with zero attached hydrogens (tertiary/aromatic N) is 1. The summed E-state index contributed by atoms with van der Waals surface area (Å²) in [4.78, 5) is 16.7. The second-order valence-electron chi connectivity index (χ2n) is 8.80. The second kappa shape index (κ2) is 13.2. The molecular weight excluding hydrogens is 486 g/mol. The molecule has 36 heavy (non-hydrogen) atoms. The van der Waals surface area contributed by atoms with Crippen molar-refractivity contribution < 1.29 is 34.4 Å². The summed E-state index contributed by atoms with van der Waals surface area (Å²) in [6.45, 7) is 3.64. The zero-order chi connectivity index (χ0) is 26.2. The average Bonchev–Trinajstić information content (AvgIpc) is 2.87. The number of hydrogen-bond donors (Lipinski definition) is 3. The van der Waals surface area contributed by atoms with Crippen LogP contribution in [-0.4, -0.2) is 65.1 Å². The third-order valence-corrected chi connectivity index (χ3v) is 6.56. The Labute approximate surface area is 216 Å². The molecule has 3 rings (SSSR count). The maximum Gasteiger partial charge on any atom is 0.305 e. The fraction of sp³-hybridized carbons (Fsp3) is 0.481. The van der Waals surface area contributed by atoms with E-state index >= 15 is 0 Å². The van der Waals surface area contributed by atoms with Crippen LogP contribution in [0, 0.1) is 0 Å². The maximum absolute atomic E-state index is 11.8. The number of carbonyl (C=O) groups is 1. The van der Waals surface area contributed by atoms with Crippen LogP contribution < -0.4 is 0 Å². The molecule has 1 fully saturated rings. The highest BCUT2D eigenvalue weighted by Gasteiger charge is 2.44. The highest BCUT2D eigenvalue weighted by Crippen LogP contribution is 2.34. The zero-order valence-electron chi connectivity index (χ0n) is 20.8. The molecule has 0 amide bonds. The molecule has 3 N–H and O–H groups in total. The number of rotatable bonds is 10. The van der Waals surface area contributed by atoms with Gasteiger partial charge >= 0.3 is 5.97 Å². The molecule has 1 heterocycles. The topological polar surface area (TPSA) is 118 Å². The number of esters is 1. The van der Waals surface area contributed by atoms with Gasteiger partial charge in [0.25, 0.3) is 0 Å². The maximum atomic E-state index is 11.8. The summed E-state index contributed by atoms with van der Waals surface area (Å²) in [6, 6.07) is 13.2. The monoisotopic (exact) mass is 519 g/mol. The van der Waals surface area contributed by atoms with E-state index in [1.165, 1.54) is 7.11 Å². The van der Waals surface area contributed by atoms with Crippen LogP contribution >= 0.6 is 11.6 Å². The lowest BCUT2D eigenvalue weighted by atomic mass is 9.90. The molecule has 0 saturated carbocycles. The molecule has 196 valence electrons. The molecule has 0 spiro atoms. The molecule has 1 saturated heterocycles. The highest BCUT2D eigenvalue weighted by atomic mass is 35.5. The van der Waals surface area contributed by atoms with Crippen LogP contribution in [0.2, 0.25) is 5.02 Å². The Morgan fingerprint density at radius 2 is 1.78 bits per heavy atom. The smallest absolute Gasteiger partial charge is 0.305 e. The van der Waals surface area contributed by atoms with E-state index in [1.54, 1.807) is 12.1 Å². The van der Waals surface area contributed by atoms with Gasteiger partial charge in [0.05, 0.1) is 5.71 Å². The van der Waals surface area contributed by atoms with Crippen LogP contribution in [0.15, 0.2) is 47.6 Å². The Bertz CT molecular complexity index is 1040. The number of oxime groups is 1. The van der Waals surface area contributed by atoms with Gasteiger partial charge in [-0.2, -0.15) is 0 Å². The summed E-state index contributed by atoms with van der Waals surface area (Å²) in [6.07, 6.45) is -4.00. The second-order valence-corrected chi connectivity index (χ2v) is 9.21.